The molecular formula is C15H13F3N2O2S. The predicted molar refractivity (Wildman–Crippen MR) is 78.3 cm³/mol. The minimum atomic E-state index is -4.50. The molecule has 0 radical (unpaired) electrons. The van der Waals surface area contributed by atoms with Crippen molar-refractivity contribution in [2.45, 2.75) is 18.7 Å². The first-order chi connectivity index (χ1) is 10.9. The second kappa shape index (κ2) is 6.19. The zero-order valence-electron chi connectivity index (χ0n) is 11.9. The molecule has 2 aromatic heterocycles. The van der Waals surface area contributed by atoms with Gasteiger partial charge in [-0.15, -0.1) is 0 Å². The van der Waals surface area contributed by atoms with Gasteiger partial charge in [0.1, 0.15) is 11.8 Å². The second-order valence-electron chi connectivity index (χ2n) is 5.21. The van der Waals surface area contributed by atoms with E-state index in [1.807, 2.05) is 16.8 Å². The fourth-order valence-corrected chi connectivity index (χ4v) is 2.87. The summed E-state index contributed by atoms with van der Waals surface area (Å²) in [6.07, 6.45) is -4.49. The summed E-state index contributed by atoms with van der Waals surface area (Å²) < 4.78 is 43.1. The lowest BCUT2D eigenvalue weighted by Gasteiger charge is -2.38. The van der Waals surface area contributed by atoms with Gasteiger partial charge >= 0.3 is 6.18 Å². The Morgan fingerprint density at radius 2 is 2.13 bits per heavy atom. The standard InChI is InChI=1S/C15H13F3N2O2S/c16-15(17,18)12-2-1-3-13(19-12)22-11-7-20(8-11)14(21)6-10-4-5-23-9-10/h1-5,9,11H,6-8H2. The molecule has 0 aromatic carbocycles. The molecule has 0 bridgehead atoms. The van der Waals surface area contributed by atoms with E-state index in [0.717, 1.165) is 11.6 Å². The van der Waals surface area contributed by atoms with Crippen molar-refractivity contribution < 1.29 is 22.7 Å². The zero-order valence-corrected chi connectivity index (χ0v) is 12.7. The molecule has 1 amide bonds. The first kappa shape index (κ1) is 15.8. The van der Waals surface area contributed by atoms with E-state index in [2.05, 4.69) is 4.98 Å². The van der Waals surface area contributed by atoms with Crippen molar-refractivity contribution in [1.82, 2.24) is 9.88 Å². The summed E-state index contributed by atoms with van der Waals surface area (Å²) in [5.41, 5.74) is -0.0244. The Balaban J connectivity index is 1.51. The van der Waals surface area contributed by atoms with Gasteiger partial charge in [-0.1, -0.05) is 6.07 Å². The summed E-state index contributed by atoms with van der Waals surface area (Å²) in [6, 6.07) is 5.42. The first-order valence-corrected chi connectivity index (χ1v) is 7.86. The maximum absolute atomic E-state index is 12.6. The third-order valence-electron chi connectivity index (χ3n) is 3.44. The van der Waals surface area contributed by atoms with Crippen LogP contribution in [0, 0.1) is 0 Å². The van der Waals surface area contributed by atoms with Gasteiger partial charge in [-0.05, 0) is 28.5 Å². The molecule has 1 saturated heterocycles. The Morgan fingerprint density at radius 1 is 1.35 bits per heavy atom. The molecule has 0 atom stereocenters. The van der Waals surface area contributed by atoms with E-state index in [4.69, 9.17) is 4.74 Å². The lowest BCUT2D eigenvalue weighted by molar-refractivity contribution is -0.141. The number of halogens is 3. The van der Waals surface area contributed by atoms with E-state index in [0.29, 0.717) is 19.5 Å². The number of ether oxygens (including phenoxy) is 1. The van der Waals surface area contributed by atoms with Crippen LogP contribution in [-0.2, 0) is 17.4 Å². The molecule has 2 aromatic rings. The average Bonchev–Trinajstić information content (AvgIpc) is 2.94. The first-order valence-electron chi connectivity index (χ1n) is 6.91. The van der Waals surface area contributed by atoms with Crippen molar-refractivity contribution >= 4 is 17.2 Å². The Morgan fingerprint density at radius 3 is 2.78 bits per heavy atom. The Bertz CT molecular complexity index is 682. The van der Waals surface area contributed by atoms with Gasteiger partial charge in [-0.3, -0.25) is 4.79 Å². The molecule has 8 heteroatoms. The van der Waals surface area contributed by atoms with E-state index in [1.165, 1.54) is 23.5 Å². The van der Waals surface area contributed by atoms with E-state index >= 15 is 0 Å². The summed E-state index contributed by atoms with van der Waals surface area (Å²) in [6.45, 7) is 0.724. The smallest absolute Gasteiger partial charge is 0.433 e. The van der Waals surface area contributed by atoms with Crippen LogP contribution < -0.4 is 4.74 Å². The van der Waals surface area contributed by atoms with Crippen LogP contribution in [0.1, 0.15) is 11.3 Å². The molecule has 1 fully saturated rings. The van der Waals surface area contributed by atoms with Gasteiger partial charge in [-0.25, -0.2) is 4.98 Å². The number of likely N-dealkylation sites (tertiary alicyclic amines) is 1. The Hall–Kier alpha value is -2.09. The fourth-order valence-electron chi connectivity index (χ4n) is 2.21. The molecule has 0 unspecified atom stereocenters. The molecule has 4 nitrogen and oxygen atoms in total. The van der Waals surface area contributed by atoms with Gasteiger partial charge in [0, 0.05) is 6.07 Å². The van der Waals surface area contributed by atoms with Crippen molar-refractivity contribution in [1.29, 1.82) is 0 Å². The number of thiophene rings is 1. The molecule has 0 aliphatic carbocycles. The van der Waals surface area contributed by atoms with E-state index in [1.54, 1.807) is 4.90 Å². The number of hydrogen-bond acceptors (Lipinski definition) is 4. The third-order valence-corrected chi connectivity index (χ3v) is 4.17. The molecule has 0 spiro atoms. The summed E-state index contributed by atoms with van der Waals surface area (Å²) in [5.74, 6) is -0.0880. The predicted octanol–water partition coefficient (Wildman–Crippen LogP) is 2.99. The number of alkyl halides is 3. The van der Waals surface area contributed by atoms with Crippen molar-refractivity contribution in [3.63, 3.8) is 0 Å². The van der Waals surface area contributed by atoms with Crippen LogP contribution in [0.2, 0.25) is 0 Å². The SMILES string of the molecule is O=C(Cc1ccsc1)N1CC(Oc2cccc(C(F)(F)F)n2)C1. The fraction of sp³-hybridized carbons (Fsp3) is 0.333. The maximum atomic E-state index is 12.6. The number of amides is 1. The van der Waals surface area contributed by atoms with Gasteiger partial charge in [0.2, 0.25) is 11.8 Å². The number of rotatable bonds is 4. The van der Waals surface area contributed by atoms with Gasteiger partial charge in [0.15, 0.2) is 0 Å². The highest BCUT2D eigenvalue weighted by Gasteiger charge is 2.35. The maximum Gasteiger partial charge on any atom is 0.433 e. The van der Waals surface area contributed by atoms with Crippen LogP contribution in [0.3, 0.4) is 0 Å². The lowest BCUT2D eigenvalue weighted by Crippen LogP contribution is -2.56. The number of carbonyl (C=O) groups is 1. The topological polar surface area (TPSA) is 42.4 Å². The highest BCUT2D eigenvalue weighted by Crippen LogP contribution is 2.29. The summed E-state index contributed by atoms with van der Waals surface area (Å²) in [4.78, 5) is 17.1. The highest BCUT2D eigenvalue weighted by molar-refractivity contribution is 7.07. The van der Waals surface area contributed by atoms with Gasteiger partial charge < -0.3 is 9.64 Å². The van der Waals surface area contributed by atoms with Crippen molar-refractivity contribution in [3.05, 3.63) is 46.3 Å². The third kappa shape index (κ3) is 3.82. The van der Waals surface area contributed by atoms with Crippen LogP contribution >= 0.6 is 11.3 Å². The normalized spacial score (nSPS) is 15.3. The monoisotopic (exact) mass is 342 g/mol. The average molecular weight is 342 g/mol. The molecule has 3 rings (SSSR count). The van der Waals surface area contributed by atoms with E-state index in [-0.39, 0.29) is 17.9 Å². The number of carbonyl (C=O) groups excluding carboxylic acids is 1. The molecule has 1 aliphatic heterocycles. The van der Waals surface area contributed by atoms with Crippen LogP contribution in [0.5, 0.6) is 5.88 Å². The minimum absolute atomic E-state index is 0.0137. The number of hydrogen-bond donors (Lipinski definition) is 0. The van der Waals surface area contributed by atoms with E-state index in [9.17, 15) is 18.0 Å². The summed E-state index contributed by atoms with van der Waals surface area (Å²) >= 11 is 1.53. The van der Waals surface area contributed by atoms with Gasteiger partial charge in [0.25, 0.3) is 0 Å². The van der Waals surface area contributed by atoms with Crippen LogP contribution in [0.15, 0.2) is 35.0 Å². The van der Waals surface area contributed by atoms with E-state index < -0.39 is 11.9 Å². The van der Waals surface area contributed by atoms with Crippen molar-refractivity contribution in [2.75, 3.05) is 13.1 Å². The zero-order chi connectivity index (χ0) is 16.4. The number of nitrogens with zero attached hydrogens (tertiary/aromatic N) is 2. The van der Waals surface area contributed by atoms with Crippen LogP contribution in [-0.4, -0.2) is 35.0 Å². The molecule has 122 valence electrons. The molecule has 0 saturated carbocycles. The molecule has 0 N–H and O–H groups in total. The second-order valence-corrected chi connectivity index (χ2v) is 5.99. The van der Waals surface area contributed by atoms with Crippen LogP contribution in [0.25, 0.3) is 0 Å². The van der Waals surface area contributed by atoms with Crippen molar-refractivity contribution in [2.24, 2.45) is 0 Å². The Labute approximate surface area is 134 Å². The lowest BCUT2D eigenvalue weighted by atomic mass is 10.1. The largest absolute Gasteiger partial charge is 0.471 e. The minimum Gasteiger partial charge on any atom is -0.471 e. The molecule has 1 aliphatic rings. The number of aromatic nitrogens is 1. The molecular weight excluding hydrogens is 329 g/mol. The highest BCUT2D eigenvalue weighted by atomic mass is 32.1. The summed E-state index contributed by atoms with van der Waals surface area (Å²) in [7, 11) is 0. The van der Waals surface area contributed by atoms with Gasteiger partial charge in [0.05, 0.1) is 19.5 Å². The quantitative estimate of drug-likeness (QED) is 0.858. The number of pyridine rings is 1. The Kier molecular flexibility index (Phi) is 4.25. The summed E-state index contributed by atoms with van der Waals surface area (Å²) in [5, 5.41) is 3.82. The molecule has 3 heterocycles. The van der Waals surface area contributed by atoms with Gasteiger partial charge in [-0.2, -0.15) is 24.5 Å². The van der Waals surface area contributed by atoms with Crippen LogP contribution in [0.4, 0.5) is 13.2 Å². The molecule has 23 heavy (non-hydrogen) atoms. The van der Waals surface area contributed by atoms with Crippen molar-refractivity contribution in [3.8, 4) is 5.88 Å².